The fourth-order valence-electron chi connectivity index (χ4n) is 5.30. The smallest absolute Gasteiger partial charge is 0.256 e. The third-order valence-electron chi connectivity index (χ3n) is 7.28. The van der Waals surface area contributed by atoms with E-state index >= 15 is 0 Å². The number of rotatable bonds is 8. The predicted octanol–water partition coefficient (Wildman–Crippen LogP) is 6.25. The molecular weight excluding hydrogens is 450 g/mol. The van der Waals surface area contributed by atoms with E-state index in [0.29, 0.717) is 26.1 Å². The Morgan fingerprint density at radius 1 is 0.944 bits per heavy atom. The van der Waals surface area contributed by atoms with Gasteiger partial charge in [-0.2, -0.15) is 0 Å². The van der Waals surface area contributed by atoms with Crippen LogP contribution in [0.3, 0.4) is 0 Å². The molecule has 2 aliphatic rings. The van der Waals surface area contributed by atoms with Crippen molar-refractivity contribution in [2.45, 2.75) is 63.9 Å². The molecule has 5 heteroatoms. The Kier molecular flexibility index (Phi) is 7.87. The van der Waals surface area contributed by atoms with Gasteiger partial charge in [0, 0.05) is 18.7 Å². The van der Waals surface area contributed by atoms with Gasteiger partial charge in [0.2, 0.25) is 0 Å². The van der Waals surface area contributed by atoms with E-state index in [1.807, 2.05) is 59.5 Å². The molecule has 5 rings (SSSR count). The first kappa shape index (κ1) is 24.4. The summed E-state index contributed by atoms with van der Waals surface area (Å²) in [5.41, 5.74) is 4.26. The van der Waals surface area contributed by atoms with Gasteiger partial charge in [0.05, 0.1) is 13.2 Å². The first-order valence-corrected chi connectivity index (χ1v) is 13.1. The lowest BCUT2D eigenvalue weighted by atomic mass is 9.96. The van der Waals surface area contributed by atoms with Crippen LogP contribution < -0.4 is 9.47 Å². The maximum Gasteiger partial charge on any atom is 0.256 e. The molecule has 36 heavy (non-hydrogen) atoms. The van der Waals surface area contributed by atoms with Gasteiger partial charge < -0.3 is 19.1 Å². The number of amides is 1. The monoisotopic (exact) mass is 485 g/mol. The van der Waals surface area contributed by atoms with Gasteiger partial charge in [-0.15, -0.1) is 0 Å². The van der Waals surface area contributed by atoms with Crippen LogP contribution in [-0.2, 0) is 29.1 Å². The molecule has 0 N–H and O–H groups in total. The number of hydrogen-bond donors (Lipinski definition) is 0. The van der Waals surface area contributed by atoms with Crippen LogP contribution >= 0.6 is 0 Å². The molecule has 1 unspecified atom stereocenters. The summed E-state index contributed by atoms with van der Waals surface area (Å²) in [6, 6.07) is 24.1. The lowest BCUT2D eigenvalue weighted by Gasteiger charge is -2.34. The maximum absolute atomic E-state index is 13.8. The molecule has 1 atom stereocenters. The number of carbonyl (C=O) groups is 1. The molecule has 1 heterocycles. The Morgan fingerprint density at radius 3 is 2.39 bits per heavy atom. The number of hydrogen-bond acceptors (Lipinski definition) is 4. The van der Waals surface area contributed by atoms with Crippen molar-refractivity contribution in [2.75, 3.05) is 13.7 Å². The topological polar surface area (TPSA) is 48.0 Å². The molecule has 0 aromatic heterocycles. The van der Waals surface area contributed by atoms with E-state index in [1.54, 1.807) is 7.11 Å². The lowest BCUT2D eigenvalue weighted by Crippen LogP contribution is -2.41. The van der Waals surface area contributed by atoms with E-state index in [4.69, 9.17) is 14.2 Å². The molecule has 5 nitrogen and oxygen atoms in total. The number of fused-ring (bicyclic) bond motifs is 1. The van der Waals surface area contributed by atoms with Gasteiger partial charge in [0.25, 0.3) is 5.91 Å². The minimum Gasteiger partial charge on any atom is -0.493 e. The van der Waals surface area contributed by atoms with Crippen LogP contribution in [-0.4, -0.2) is 30.6 Å². The Labute approximate surface area is 214 Å². The fourth-order valence-corrected chi connectivity index (χ4v) is 5.30. The maximum atomic E-state index is 13.8. The third kappa shape index (κ3) is 5.57. The van der Waals surface area contributed by atoms with Gasteiger partial charge in [-0.1, -0.05) is 86.0 Å². The molecule has 0 bridgehead atoms. The highest BCUT2D eigenvalue weighted by molar-refractivity contribution is 5.82. The van der Waals surface area contributed by atoms with Crippen molar-refractivity contribution < 1.29 is 19.0 Å². The molecule has 3 aromatic carbocycles. The summed E-state index contributed by atoms with van der Waals surface area (Å²) in [5, 5.41) is 0. The number of benzene rings is 3. The van der Waals surface area contributed by atoms with Gasteiger partial charge in [0.15, 0.2) is 17.6 Å². The molecule has 1 saturated carbocycles. The molecule has 0 saturated heterocycles. The molecular formula is C31H35NO4. The van der Waals surface area contributed by atoms with E-state index < -0.39 is 6.10 Å². The van der Waals surface area contributed by atoms with Crippen molar-refractivity contribution in [3.05, 3.63) is 95.1 Å². The van der Waals surface area contributed by atoms with Crippen molar-refractivity contribution >= 4 is 5.91 Å². The highest BCUT2D eigenvalue weighted by atomic mass is 16.5. The second-order valence-corrected chi connectivity index (χ2v) is 9.71. The van der Waals surface area contributed by atoms with Crippen LogP contribution in [0, 0.1) is 0 Å². The first-order valence-electron chi connectivity index (χ1n) is 13.1. The second-order valence-electron chi connectivity index (χ2n) is 9.71. The standard InChI is InChI=1S/C31H35NO4/c1-34-28-18-17-25-21-32(20-19-27(25)30(28)35-22-23-11-5-2-6-12-23)31(33)29(24-13-7-3-8-14-24)36-26-15-9-4-10-16-26/h2-3,5-8,11-14,17-18,26,29H,4,9-10,15-16,19-22H2,1H3. The van der Waals surface area contributed by atoms with Crippen molar-refractivity contribution in [1.29, 1.82) is 0 Å². The number of ether oxygens (including phenoxy) is 3. The highest BCUT2D eigenvalue weighted by Gasteiger charge is 2.33. The molecule has 0 radical (unpaired) electrons. The zero-order valence-corrected chi connectivity index (χ0v) is 21.0. The Hall–Kier alpha value is -3.31. The Bertz CT molecular complexity index is 1140. The van der Waals surface area contributed by atoms with Crippen molar-refractivity contribution in [1.82, 2.24) is 4.90 Å². The lowest BCUT2D eigenvalue weighted by molar-refractivity contribution is -0.150. The predicted molar refractivity (Wildman–Crippen MR) is 140 cm³/mol. The highest BCUT2D eigenvalue weighted by Crippen LogP contribution is 2.38. The second kappa shape index (κ2) is 11.6. The SMILES string of the molecule is COc1ccc2c(c1OCc1ccccc1)CCN(C(=O)C(OC1CCCCC1)c1ccccc1)C2. The molecule has 1 amide bonds. The van der Waals surface area contributed by atoms with E-state index in [0.717, 1.165) is 46.6 Å². The Morgan fingerprint density at radius 2 is 1.67 bits per heavy atom. The van der Waals surface area contributed by atoms with E-state index in [9.17, 15) is 4.79 Å². The summed E-state index contributed by atoms with van der Waals surface area (Å²) >= 11 is 0. The van der Waals surface area contributed by atoms with Gasteiger partial charge in [-0.25, -0.2) is 0 Å². The van der Waals surface area contributed by atoms with Crippen LogP contribution in [0.4, 0.5) is 0 Å². The third-order valence-corrected chi connectivity index (χ3v) is 7.28. The zero-order chi connectivity index (χ0) is 24.7. The normalized spacial score (nSPS) is 16.8. The van der Waals surface area contributed by atoms with Crippen LogP contribution in [0.2, 0.25) is 0 Å². The van der Waals surface area contributed by atoms with Gasteiger partial charge in [0.1, 0.15) is 6.61 Å². The first-order chi connectivity index (χ1) is 17.7. The molecule has 1 aliphatic carbocycles. The van der Waals surface area contributed by atoms with Crippen LogP contribution in [0.15, 0.2) is 72.8 Å². The van der Waals surface area contributed by atoms with Gasteiger partial charge >= 0.3 is 0 Å². The molecule has 0 spiro atoms. The quantitative estimate of drug-likeness (QED) is 0.378. The average molecular weight is 486 g/mol. The largest absolute Gasteiger partial charge is 0.493 e. The van der Waals surface area contributed by atoms with Crippen molar-refractivity contribution in [3.8, 4) is 11.5 Å². The van der Waals surface area contributed by atoms with E-state index in [-0.39, 0.29) is 12.0 Å². The summed E-state index contributed by atoms with van der Waals surface area (Å²) in [6.45, 7) is 1.64. The van der Waals surface area contributed by atoms with Gasteiger partial charge in [-0.3, -0.25) is 4.79 Å². The minimum atomic E-state index is -0.567. The molecule has 3 aromatic rings. The Balaban J connectivity index is 1.35. The average Bonchev–Trinajstić information content (AvgIpc) is 2.95. The number of nitrogens with zero attached hydrogens (tertiary/aromatic N) is 1. The van der Waals surface area contributed by atoms with Crippen molar-refractivity contribution in [3.63, 3.8) is 0 Å². The summed E-state index contributed by atoms with van der Waals surface area (Å²) in [7, 11) is 1.67. The van der Waals surface area contributed by atoms with E-state index in [2.05, 4.69) is 18.2 Å². The van der Waals surface area contributed by atoms with Crippen LogP contribution in [0.25, 0.3) is 0 Å². The van der Waals surface area contributed by atoms with Crippen LogP contribution in [0.1, 0.15) is 60.5 Å². The van der Waals surface area contributed by atoms with Gasteiger partial charge in [-0.05, 0) is 42.0 Å². The number of carbonyl (C=O) groups excluding carboxylic acids is 1. The molecule has 1 aliphatic heterocycles. The fraction of sp³-hybridized carbons (Fsp3) is 0.387. The summed E-state index contributed by atoms with van der Waals surface area (Å²) < 4.78 is 18.4. The van der Waals surface area contributed by atoms with Crippen molar-refractivity contribution in [2.24, 2.45) is 0 Å². The molecule has 1 fully saturated rings. The summed E-state index contributed by atoms with van der Waals surface area (Å²) in [6.07, 6.45) is 5.95. The van der Waals surface area contributed by atoms with Crippen LogP contribution in [0.5, 0.6) is 11.5 Å². The minimum absolute atomic E-state index is 0.0417. The summed E-state index contributed by atoms with van der Waals surface area (Å²) in [4.78, 5) is 15.8. The molecule has 188 valence electrons. The number of methoxy groups -OCH3 is 1. The summed E-state index contributed by atoms with van der Waals surface area (Å²) in [5.74, 6) is 1.55. The van der Waals surface area contributed by atoms with E-state index in [1.165, 1.54) is 19.3 Å². The zero-order valence-electron chi connectivity index (χ0n) is 21.0.